The average molecular weight is 297 g/mol. The number of thioether (sulfide) groups is 1. The Kier molecular flexibility index (Phi) is 7.08. The first-order valence-electron chi connectivity index (χ1n) is 6.51. The molecule has 0 bridgehead atoms. The average Bonchev–Trinajstić information content (AvgIpc) is 2.46. The molecule has 0 aliphatic heterocycles. The van der Waals surface area contributed by atoms with E-state index in [-0.39, 0.29) is 17.5 Å². The molecule has 0 spiro atoms. The molecule has 0 unspecified atom stereocenters. The van der Waals surface area contributed by atoms with Crippen LogP contribution in [0.15, 0.2) is 29.3 Å². The molecule has 0 fully saturated rings. The molecular formula is C14H20FN3OS. The Labute approximate surface area is 123 Å². The first kappa shape index (κ1) is 16.5. The largest absolute Gasteiger partial charge is 0.343 e. The van der Waals surface area contributed by atoms with Crippen LogP contribution in [0.4, 0.5) is 10.1 Å². The minimum absolute atomic E-state index is 0.0523. The van der Waals surface area contributed by atoms with Crippen molar-refractivity contribution in [3.8, 4) is 0 Å². The number of hydrogen-bond donors (Lipinski definition) is 1. The summed E-state index contributed by atoms with van der Waals surface area (Å²) in [5, 5.41) is 3.42. The van der Waals surface area contributed by atoms with Gasteiger partial charge in [-0.1, -0.05) is 23.9 Å². The molecule has 0 aliphatic rings. The lowest BCUT2D eigenvalue weighted by Crippen LogP contribution is -2.32. The van der Waals surface area contributed by atoms with Crippen LogP contribution in [0.3, 0.4) is 0 Å². The second kappa shape index (κ2) is 8.58. The molecule has 0 heterocycles. The molecule has 6 heteroatoms. The molecule has 4 nitrogen and oxygen atoms in total. The molecule has 0 aliphatic carbocycles. The van der Waals surface area contributed by atoms with Crippen LogP contribution in [0.1, 0.15) is 13.8 Å². The number of anilines is 1. The summed E-state index contributed by atoms with van der Waals surface area (Å²) < 4.78 is 13.5. The zero-order valence-electron chi connectivity index (χ0n) is 12.0. The Balaban J connectivity index is 2.57. The van der Waals surface area contributed by atoms with Gasteiger partial charge >= 0.3 is 0 Å². The summed E-state index contributed by atoms with van der Waals surface area (Å²) >= 11 is 1.27. The first-order chi connectivity index (χ1) is 9.62. The molecule has 1 aromatic carbocycles. The van der Waals surface area contributed by atoms with Gasteiger partial charge in [0, 0.05) is 20.1 Å². The fourth-order valence-corrected chi connectivity index (χ4v) is 2.39. The van der Waals surface area contributed by atoms with Crippen molar-refractivity contribution in [3.05, 3.63) is 30.1 Å². The number of para-hydroxylation sites is 1. The molecule has 1 rings (SSSR count). The highest BCUT2D eigenvalue weighted by atomic mass is 32.2. The Morgan fingerprint density at radius 3 is 2.55 bits per heavy atom. The summed E-state index contributed by atoms with van der Waals surface area (Å²) in [4.78, 5) is 17.7. The highest BCUT2D eigenvalue weighted by Crippen LogP contribution is 2.16. The van der Waals surface area contributed by atoms with Gasteiger partial charge < -0.3 is 10.2 Å². The van der Waals surface area contributed by atoms with Crippen LogP contribution in [0.2, 0.25) is 0 Å². The molecule has 0 saturated heterocycles. The maximum absolute atomic E-state index is 13.5. The van der Waals surface area contributed by atoms with Gasteiger partial charge in [0.25, 0.3) is 0 Å². The van der Waals surface area contributed by atoms with Crippen molar-refractivity contribution in [1.29, 1.82) is 0 Å². The summed E-state index contributed by atoms with van der Waals surface area (Å²) in [5.74, 6) is -0.00342. The van der Waals surface area contributed by atoms with Gasteiger partial charge in [0.2, 0.25) is 5.91 Å². The lowest BCUT2D eigenvalue weighted by molar-refractivity contribution is -0.127. The second-order valence-electron chi connectivity index (χ2n) is 3.99. The SMILES string of the molecule is CCN(CC)C(=O)CSC(=NC)Nc1ccccc1F. The maximum atomic E-state index is 13.5. The van der Waals surface area contributed by atoms with Gasteiger partial charge in [-0.25, -0.2) is 4.39 Å². The number of amides is 1. The molecular weight excluding hydrogens is 277 g/mol. The van der Waals surface area contributed by atoms with E-state index in [9.17, 15) is 9.18 Å². The summed E-state index contributed by atoms with van der Waals surface area (Å²) in [7, 11) is 1.61. The van der Waals surface area contributed by atoms with Crippen molar-refractivity contribution in [2.75, 3.05) is 31.2 Å². The Bertz CT molecular complexity index is 475. The highest BCUT2D eigenvalue weighted by molar-refractivity contribution is 8.14. The van der Waals surface area contributed by atoms with E-state index in [2.05, 4.69) is 10.3 Å². The smallest absolute Gasteiger partial charge is 0.233 e. The van der Waals surface area contributed by atoms with E-state index in [4.69, 9.17) is 0 Å². The number of nitrogens with zero attached hydrogens (tertiary/aromatic N) is 2. The van der Waals surface area contributed by atoms with Crippen LogP contribution in [0.5, 0.6) is 0 Å². The van der Waals surface area contributed by atoms with Crippen molar-refractivity contribution < 1.29 is 9.18 Å². The number of aliphatic imine (C=N–C) groups is 1. The molecule has 0 saturated carbocycles. The van der Waals surface area contributed by atoms with Gasteiger partial charge in [-0.05, 0) is 26.0 Å². The third-order valence-electron chi connectivity index (χ3n) is 2.77. The fraction of sp³-hybridized carbons (Fsp3) is 0.429. The van der Waals surface area contributed by atoms with E-state index in [1.807, 2.05) is 13.8 Å². The van der Waals surface area contributed by atoms with Crippen molar-refractivity contribution in [2.45, 2.75) is 13.8 Å². The number of carbonyl (C=O) groups is 1. The topological polar surface area (TPSA) is 44.7 Å². The zero-order chi connectivity index (χ0) is 15.0. The predicted molar refractivity (Wildman–Crippen MR) is 83.8 cm³/mol. The van der Waals surface area contributed by atoms with Crippen LogP contribution in [-0.4, -0.2) is 41.9 Å². The first-order valence-corrected chi connectivity index (χ1v) is 7.49. The zero-order valence-corrected chi connectivity index (χ0v) is 12.8. The minimum atomic E-state index is -0.343. The summed E-state index contributed by atoms with van der Waals surface area (Å²) in [6.07, 6.45) is 0. The van der Waals surface area contributed by atoms with Crippen LogP contribution in [0.25, 0.3) is 0 Å². The van der Waals surface area contributed by atoms with Crippen molar-refractivity contribution in [2.24, 2.45) is 4.99 Å². The molecule has 1 amide bonds. The van der Waals surface area contributed by atoms with Crippen molar-refractivity contribution >= 4 is 28.5 Å². The number of rotatable bonds is 5. The van der Waals surface area contributed by atoms with Gasteiger partial charge in [-0.3, -0.25) is 9.79 Å². The Morgan fingerprint density at radius 2 is 2.00 bits per heavy atom. The number of hydrogen-bond acceptors (Lipinski definition) is 3. The fourth-order valence-electron chi connectivity index (χ4n) is 1.63. The number of benzene rings is 1. The van der Waals surface area contributed by atoms with E-state index in [1.54, 1.807) is 30.1 Å². The summed E-state index contributed by atoms with van der Waals surface area (Å²) in [6, 6.07) is 6.37. The lowest BCUT2D eigenvalue weighted by atomic mass is 10.3. The van der Waals surface area contributed by atoms with E-state index in [0.29, 0.717) is 23.9 Å². The lowest BCUT2D eigenvalue weighted by Gasteiger charge is -2.18. The normalized spacial score (nSPS) is 11.3. The third kappa shape index (κ3) is 4.85. The standard InChI is InChI=1S/C14H20FN3OS/c1-4-18(5-2)13(19)10-20-14(16-3)17-12-9-7-6-8-11(12)15/h6-9H,4-5,10H2,1-3H3,(H,16,17). The van der Waals surface area contributed by atoms with Gasteiger partial charge in [-0.15, -0.1) is 0 Å². The molecule has 0 atom stereocenters. The number of halogens is 1. The van der Waals surface area contributed by atoms with Gasteiger partial charge in [0.15, 0.2) is 5.17 Å². The van der Waals surface area contributed by atoms with E-state index < -0.39 is 0 Å². The van der Waals surface area contributed by atoms with E-state index >= 15 is 0 Å². The van der Waals surface area contributed by atoms with Crippen LogP contribution in [-0.2, 0) is 4.79 Å². The van der Waals surface area contributed by atoms with Crippen molar-refractivity contribution in [3.63, 3.8) is 0 Å². The predicted octanol–water partition coefficient (Wildman–Crippen LogP) is 2.83. The number of carbonyl (C=O) groups excluding carboxylic acids is 1. The van der Waals surface area contributed by atoms with E-state index in [0.717, 1.165) is 0 Å². The van der Waals surface area contributed by atoms with E-state index in [1.165, 1.54) is 17.8 Å². The highest BCUT2D eigenvalue weighted by Gasteiger charge is 2.12. The summed E-state index contributed by atoms with van der Waals surface area (Å²) in [6.45, 7) is 5.27. The van der Waals surface area contributed by atoms with Crippen LogP contribution < -0.4 is 5.32 Å². The number of amidine groups is 1. The monoisotopic (exact) mass is 297 g/mol. The van der Waals surface area contributed by atoms with Crippen LogP contribution in [0, 0.1) is 5.82 Å². The molecule has 0 radical (unpaired) electrons. The van der Waals surface area contributed by atoms with Crippen LogP contribution >= 0.6 is 11.8 Å². The Morgan fingerprint density at radius 1 is 1.35 bits per heavy atom. The minimum Gasteiger partial charge on any atom is -0.343 e. The second-order valence-corrected chi connectivity index (χ2v) is 4.95. The summed E-state index contributed by atoms with van der Waals surface area (Å²) in [5.41, 5.74) is 0.357. The van der Waals surface area contributed by atoms with Gasteiger partial charge in [0.05, 0.1) is 11.4 Å². The number of nitrogens with one attached hydrogen (secondary N) is 1. The van der Waals surface area contributed by atoms with Gasteiger partial charge in [-0.2, -0.15) is 0 Å². The quantitative estimate of drug-likeness (QED) is 0.671. The third-order valence-corrected chi connectivity index (χ3v) is 3.72. The molecule has 20 heavy (non-hydrogen) atoms. The molecule has 0 aromatic heterocycles. The molecule has 1 N–H and O–H groups in total. The Hall–Kier alpha value is -1.56. The van der Waals surface area contributed by atoms with Gasteiger partial charge in [0.1, 0.15) is 5.82 Å². The molecule has 110 valence electrons. The van der Waals surface area contributed by atoms with Crippen molar-refractivity contribution in [1.82, 2.24) is 4.90 Å². The maximum Gasteiger partial charge on any atom is 0.233 e. The molecule has 1 aromatic rings.